The first kappa shape index (κ1) is 13.9. The highest BCUT2D eigenvalue weighted by Gasteiger charge is 2.09. The van der Waals surface area contributed by atoms with E-state index in [4.69, 9.17) is 27.9 Å². The second-order valence-corrected chi connectivity index (χ2v) is 4.64. The number of ether oxygens (including phenoxy) is 1. The van der Waals surface area contributed by atoms with Crippen molar-refractivity contribution in [3.63, 3.8) is 0 Å². The van der Waals surface area contributed by atoms with Gasteiger partial charge in [0.25, 0.3) is 5.56 Å². The van der Waals surface area contributed by atoms with Crippen molar-refractivity contribution in [1.29, 1.82) is 0 Å². The lowest BCUT2D eigenvalue weighted by molar-refractivity contribution is 0.415. The van der Waals surface area contributed by atoms with Gasteiger partial charge in [-0.3, -0.25) is 4.79 Å². The fourth-order valence-electron chi connectivity index (χ4n) is 1.73. The molecule has 100 valence electrons. The van der Waals surface area contributed by atoms with Crippen LogP contribution in [0.2, 0.25) is 5.02 Å². The maximum Gasteiger partial charge on any atom is 0.270 e. The van der Waals surface area contributed by atoms with Crippen molar-refractivity contribution in [2.24, 2.45) is 7.05 Å². The first-order valence-electron chi connectivity index (χ1n) is 5.54. The molecule has 1 aromatic carbocycles. The Morgan fingerprint density at radius 1 is 1.37 bits per heavy atom. The molecule has 0 N–H and O–H groups in total. The van der Waals surface area contributed by atoms with Crippen LogP contribution in [0.5, 0.6) is 5.75 Å². The molecule has 0 atom stereocenters. The summed E-state index contributed by atoms with van der Waals surface area (Å²) in [7, 11) is 3.14. The smallest absolute Gasteiger partial charge is 0.270 e. The molecule has 0 unspecified atom stereocenters. The molecular weight excluding hydrogens is 287 g/mol. The van der Waals surface area contributed by atoms with Gasteiger partial charge >= 0.3 is 0 Å². The third kappa shape index (κ3) is 2.74. The molecule has 6 heteroatoms. The Hall–Kier alpha value is -1.52. The first-order valence-corrected chi connectivity index (χ1v) is 6.45. The second-order valence-electron chi connectivity index (χ2n) is 3.97. The zero-order valence-corrected chi connectivity index (χ0v) is 12.0. The summed E-state index contributed by atoms with van der Waals surface area (Å²) in [6, 6.07) is 7.00. The van der Waals surface area contributed by atoms with Gasteiger partial charge in [-0.2, -0.15) is 5.10 Å². The van der Waals surface area contributed by atoms with Gasteiger partial charge < -0.3 is 4.74 Å². The molecule has 4 nitrogen and oxygen atoms in total. The Balaban J connectivity index is 2.56. The molecule has 0 spiro atoms. The number of alkyl halides is 1. The minimum atomic E-state index is -0.196. The van der Waals surface area contributed by atoms with Crippen LogP contribution < -0.4 is 10.3 Å². The van der Waals surface area contributed by atoms with Crippen LogP contribution in [0.4, 0.5) is 0 Å². The van der Waals surface area contributed by atoms with Gasteiger partial charge in [-0.15, -0.1) is 11.6 Å². The van der Waals surface area contributed by atoms with E-state index in [0.717, 1.165) is 5.56 Å². The lowest BCUT2D eigenvalue weighted by Crippen LogP contribution is -2.23. The normalized spacial score (nSPS) is 10.5. The Morgan fingerprint density at radius 2 is 2.11 bits per heavy atom. The van der Waals surface area contributed by atoms with Crippen molar-refractivity contribution in [2.75, 3.05) is 7.11 Å². The van der Waals surface area contributed by atoms with Crippen molar-refractivity contribution < 1.29 is 4.74 Å². The lowest BCUT2D eigenvalue weighted by Gasteiger charge is -2.08. The maximum atomic E-state index is 11.7. The third-order valence-electron chi connectivity index (χ3n) is 2.73. The van der Waals surface area contributed by atoms with E-state index in [9.17, 15) is 4.79 Å². The highest BCUT2D eigenvalue weighted by molar-refractivity contribution is 6.32. The minimum Gasteiger partial charge on any atom is -0.495 e. The molecule has 1 aromatic heterocycles. The molecule has 0 amide bonds. The summed E-state index contributed by atoms with van der Waals surface area (Å²) in [5.41, 5.74) is 1.74. The van der Waals surface area contributed by atoms with Gasteiger partial charge in [0.05, 0.1) is 23.7 Å². The molecule has 0 bridgehead atoms. The van der Waals surface area contributed by atoms with E-state index in [1.807, 2.05) is 6.07 Å². The molecule has 2 aromatic rings. The molecule has 0 aliphatic heterocycles. The number of aromatic nitrogens is 2. The van der Waals surface area contributed by atoms with Crippen LogP contribution in [0, 0.1) is 0 Å². The zero-order chi connectivity index (χ0) is 14.0. The topological polar surface area (TPSA) is 44.1 Å². The highest BCUT2D eigenvalue weighted by Crippen LogP contribution is 2.29. The van der Waals surface area contributed by atoms with Crippen LogP contribution in [0.25, 0.3) is 11.3 Å². The van der Waals surface area contributed by atoms with Crippen LogP contribution in [0.15, 0.2) is 29.1 Å². The fourth-order valence-corrected chi connectivity index (χ4v) is 2.18. The van der Waals surface area contributed by atoms with E-state index < -0.39 is 0 Å². The average Bonchev–Trinajstić information content (AvgIpc) is 2.41. The molecule has 0 saturated heterocycles. The van der Waals surface area contributed by atoms with Crippen molar-refractivity contribution in [3.05, 3.63) is 45.2 Å². The number of hydrogen-bond acceptors (Lipinski definition) is 3. The van der Waals surface area contributed by atoms with Crippen LogP contribution in [0.1, 0.15) is 5.56 Å². The molecule has 2 rings (SSSR count). The summed E-state index contributed by atoms with van der Waals surface area (Å²) in [6.45, 7) is 0. The van der Waals surface area contributed by atoms with E-state index in [1.165, 1.54) is 4.68 Å². The minimum absolute atomic E-state index is 0.145. The highest BCUT2D eigenvalue weighted by atomic mass is 35.5. The van der Waals surface area contributed by atoms with Gasteiger partial charge in [0.2, 0.25) is 0 Å². The predicted octanol–water partition coefficient (Wildman–Crippen LogP) is 2.85. The van der Waals surface area contributed by atoms with Crippen molar-refractivity contribution in [1.82, 2.24) is 9.78 Å². The first-order chi connectivity index (χ1) is 9.06. The van der Waals surface area contributed by atoms with E-state index in [2.05, 4.69) is 5.10 Å². The number of nitrogens with zero attached hydrogens (tertiary/aromatic N) is 2. The van der Waals surface area contributed by atoms with Gasteiger partial charge in [-0.25, -0.2) is 4.68 Å². The summed E-state index contributed by atoms with van der Waals surface area (Å²) >= 11 is 11.8. The third-order valence-corrected chi connectivity index (χ3v) is 3.31. The summed E-state index contributed by atoms with van der Waals surface area (Å²) in [4.78, 5) is 11.7. The number of hydrogen-bond donors (Lipinski definition) is 0. The van der Waals surface area contributed by atoms with Gasteiger partial charge in [-0.05, 0) is 24.3 Å². The van der Waals surface area contributed by atoms with Gasteiger partial charge in [-0.1, -0.05) is 11.6 Å². The van der Waals surface area contributed by atoms with E-state index >= 15 is 0 Å². The molecule has 0 aliphatic rings. The summed E-state index contributed by atoms with van der Waals surface area (Å²) < 4.78 is 6.36. The lowest BCUT2D eigenvalue weighted by atomic mass is 10.1. The van der Waals surface area contributed by atoms with E-state index in [0.29, 0.717) is 22.0 Å². The largest absolute Gasteiger partial charge is 0.495 e. The van der Waals surface area contributed by atoms with E-state index in [1.54, 1.807) is 32.4 Å². The maximum absolute atomic E-state index is 11.7. The quantitative estimate of drug-likeness (QED) is 0.819. The van der Waals surface area contributed by atoms with Gasteiger partial charge in [0.1, 0.15) is 5.75 Å². The van der Waals surface area contributed by atoms with Crippen LogP contribution in [-0.4, -0.2) is 16.9 Å². The number of aryl methyl sites for hydroxylation is 1. The zero-order valence-electron chi connectivity index (χ0n) is 10.5. The standard InChI is InChI=1S/C13H12Cl2N2O2/c1-17-13(18)9(7-14)6-11(16-17)8-3-4-12(19-2)10(15)5-8/h3-6H,7H2,1-2H3. The summed E-state index contributed by atoms with van der Waals surface area (Å²) in [5, 5.41) is 4.68. The fraction of sp³-hybridized carbons (Fsp3) is 0.231. The molecule has 0 saturated carbocycles. The Bertz CT molecular complexity index is 668. The molecule has 0 fully saturated rings. The molecule has 1 heterocycles. The molecule has 19 heavy (non-hydrogen) atoms. The van der Waals surface area contributed by atoms with Crippen LogP contribution in [0.3, 0.4) is 0 Å². The second kappa shape index (κ2) is 5.63. The summed E-state index contributed by atoms with van der Waals surface area (Å²) in [6.07, 6.45) is 0. The van der Waals surface area contributed by atoms with Gasteiger partial charge in [0, 0.05) is 18.2 Å². The monoisotopic (exact) mass is 298 g/mol. The number of halogens is 2. The number of methoxy groups -OCH3 is 1. The predicted molar refractivity (Wildman–Crippen MR) is 76.0 cm³/mol. The molecule has 0 radical (unpaired) electrons. The van der Waals surface area contributed by atoms with Crippen molar-refractivity contribution in [3.8, 4) is 17.0 Å². The number of benzene rings is 1. The summed E-state index contributed by atoms with van der Waals surface area (Å²) in [5.74, 6) is 0.735. The SMILES string of the molecule is COc1ccc(-c2cc(CCl)c(=O)n(C)n2)cc1Cl. The Kier molecular flexibility index (Phi) is 4.12. The van der Waals surface area contributed by atoms with Gasteiger partial charge in [0.15, 0.2) is 0 Å². The van der Waals surface area contributed by atoms with E-state index in [-0.39, 0.29) is 11.4 Å². The van der Waals surface area contributed by atoms with Crippen LogP contribution >= 0.6 is 23.2 Å². The van der Waals surface area contributed by atoms with Crippen molar-refractivity contribution >= 4 is 23.2 Å². The molecular formula is C13H12Cl2N2O2. The Morgan fingerprint density at radius 3 is 2.68 bits per heavy atom. The van der Waals surface area contributed by atoms with Crippen LogP contribution in [-0.2, 0) is 12.9 Å². The Labute approximate surface area is 120 Å². The average molecular weight is 299 g/mol. The van der Waals surface area contributed by atoms with Crippen molar-refractivity contribution in [2.45, 2.75) is 5.88 Å². The molecule has 0 aliphatic carbocycles. The number of rotatable bonds is 3.